The molecule has 0 unspecified atom stereocenters. The van der Waals surface area contributed by atoms with E-state index in [9.17, 15) is 13.2 Å². The second kappa shape index (κ2) is 10.2. The van der Waals surface area contributed by atoms with Crippen LogP contribution >= 0.6 is 0 Å². The van der Waals surface area contributed by atoms with E-state index in [1.165, 1.54) is 28.6 Å². The molecule has 0 aromatic heterocycles. The molecule has 1 amide bonds. The summed E-state index contributed by atoms with van der Waals surface area (Å²) >= 11 is 0. The third-order valence-electron chi connectivity index (χ3n) is 5.88. The van der Waals surface area contributed by atoms with E-state index in [4.69, 9.17) is 5.26 Å². The Morgan fingerprint density at radius 2 is 1.72 bits per heavy atom. The largest absolute Gasteiger partial charge is 0.369 e. The highest BCUT2D eigenvalue weighted by Crippen LogP contribution is 2.26. The van der Waals surface area contributed by atoms with Crippen molar-refractivity contribution in [3.63, 3.8) is 0 Å². The minimum absolute atomic E-state index is 0.0793. The number of nitriles is 1. The summed E-state index contributed by atoms with van der Waals surface area (Å²) in [5.74, 6) is -0.311. The second-order valence-electron chi connectivity index (χ2n) is 8.23. The van der Waals surface area contributed by atoms with Crippen LogP contribution in [0, 0.1) is 17.2 Å². The van der Waals surface area contributed by atoms with Gasteiger partial charge >= 0.3 is 0 Å². The number of amides is 1. The zero-order valence-corrected chi connectivity index (χ0v) is 19.6. The number of hydrogen-bond donors (Lipinski definition) is 1. The molecule has 0 bridgehead atoms. The van der Waals surface area contributed by atoms with Gasteiger partial charge < -0.3 is 10.2 Å². The molecule has 0 spiro atoms. The third kappa shape index (κ3) is 5.29. The van der Waals surface area contributed by atoms with Gasteiger partial charge in [0.05, 0.1) is 16.5 Å². The molecule has 1 heterocycles. The Kier molecular flexibility index (Phi) is 7.54. The molecule has 2 aromatic rings. The van der Waals surface area contributed by atoms with Crippen molar-refractivity contribution in [3.8, 4) is 6.07 Å². The van der Waals surface area contributed by atoms with Crippen molar-refractivity contribution in [2.45, 2.75) is 44.6 Å². The van der Waals surface area contributed by atoms with Gasteiger partial charge in [0, 0.05) is 43.0 Å². The van der Waals surface area contributed by atoms with E-state index < -0.39 is 10.0 Å². The van der Waals surface area contributed by atoms with Crippen LogP contribution in [-0.4, -0.2) is 44.3 Å². The summed E-state index contributed by atoms with van der Waals surface area (Å²) in [5.41, 5.74) is 2.27. The molecule has 0 radical (unpaired) electrons. The summed E-state index contributed by atoms with van der Waals surface area (Å²) < 4.78 is 27.1. The summed E-state index contributed by atoms with van der Waals surface area (Å²) in [6, 6.07) is 16.1. The van der Waals surface area contributed by atoms with E-state index in [2.05, 4.69) is 31.0 Å². The van der Waals surface area contributed by atoms with Gasteiger partial charge in [-0.1, -0.05) is 0 Å². The maximum absolute atomic E-state index is 12.9. The zero-order valence-electron chi connectivity index (χ0n) is 18.8. The molecule has 0 aliphatic carbocycles. The number of rotatable bonds is 7. The van der Waals surface area contributed by atoms with Gasteiger partial charge in [-0.3, -0.25) is 4.79 Å². The second-order valence-corrected chi connectivity index (χ2v) is 10.2. The smallest absolute Gasteiger partial charge is 0.243 e. The fraction of sp³-hybridized carbons (Fsp3) is 0.417. The molecule has 170 valence electrons. The van der Waals surface area contributed by atoms with Gasteiger partial charge in [0.2, 0.25) is 15.9 Å². The van der Waals surface area contributed by atoms with Crippen LogP contribution in [0.25, 0.3) is 0 Å². The number of carbonyl (C=O) groups excluding carboxylic acids is 1. The van der Waals surface area contributed by atoms with Crippen molar-refractivity contribution in [2.75, 3.05) is 29.9 Å². The van der Waals surface area contributed by atoms with E-state index >= 15 is 0 Å². The molecular weight excluding hydrogens is 424 g/mol. The molecule has 2 aromatic carbocycles. The average molecular weight is 455 g/mol. The Morgan fingerprint density at radius 1 is 1.12 bits per heavy atom. The van der Waals surface area contributed by atoms with Gasteiger partial charge in [-0.15, -0.1) is 0 Å². The summed E-state index contributed by atoms with van der Waals surface area (Å²) in [5, 5.41) is 11.9. The van der Waals surface area contributed by atoms with Crippen LogP contribution in [0.1, 0.15) is 39.2 Å². The highest BCUT2D eigenvalue weighted by Gasteiger charge is 2.32. The predicted octanol–water partition coefficient (Wildman–Crippen LogP) is 3.83. The molecule has 7 nitrogen and oxygen atoms in total. The van der Waals surface area contributed by atoms with Gasteiger partial charge in [0.15, 0.2) is 0 Å². The third-order valence-corrected chi connectivity index (χ3v) is 7.79. The van der Waals surface area contributed by atoms with Crippen LogP contribution in [0.2, 0.25) is 0 Å². The van der Waals surface area contributed by atoms with Crippen LogP contribution in [0.3, 0.4) is 0 Å². The van der Waals surface area contributed by atoms with Crippen LogP contribution in [0.5, 0.6) is 0 Å². The molecule has 3 rings (SSSR count). The van der Waals surface area contributed by atoms with Crippen molar-refractivity contribution < 1.29 is 13.2 Å². The van der Waals surface area contributed by atoms with E-state index in [1.807, 2.05) is 30.3 Å². The normalized spacial score (nSPS) is 15.3. The average Bonchev–Trinajstić information content (AvgIpc) is 2.80. The van der Waals surface area contributed by atoms with Crippen LogP contribution in [0.15, 0.2) is 53.4 Å². The lowest BCUT2D eigenvalue weighted by molar-refractivity contribution is -0.120. The zero-order chi connectivity index (χ0) is 23.3. The lowest BCUT2D eigenvalue weighted by Crippen LogP contribution is -2.41. The van der Waals surface area contributed by atoms with Crippen LogP contribution < -0.4 is 10.2 Å². The topological polar surface area (TPSA) is 93.5 Å². The van der Waals surface area contributed by atoms with Crippen molar-refractivity contribution in [1.29, 1.82) is 5.26 Å². The number of carbonyl (C=O) groups is 1. The minimum Gasteiger partial charge on any atom is -0.369 e. The molecule has 1 aliphatic heterocycles. The first kappa shape index (κ1) is 23.8. The van der Waals surface area contributed by atoms with Crippen LogP contribution in [0.4, 0.5) is 11.4 Å². The molecule has 0 saturated carbocycles. The molecule has 0 atom stereocenters. The number of anilines is 2. The fourth-order valence-electron chi connectivity index (χ4n) is 4.04. The predicted molar refractivity (Wildman–Crippen MR) is 126 cm³/mol. The highest BCUT2D eigenvalue weighted by atomic mass is 32.2. The number of nitrogens with zero attached hydrogens (tertiary/aromatic N) is 3. The first-order chi connectivity index (χ1) is 15.3. The Morgan fingerprint density at radius 3 is 2.22 bits per heavy atom. The molecular formula is C24H30N4O3S. The maximum atomic E-state index is 12.9. The fourth-order valence-corrected chi connectivity index (χ4v) is 5.50. The maximum Gasteiger partial charge on any atom is 0.243 e. The van der Waals surface area contributed by atoms with Gasteiger partial charge in [-0.25, -0.2) is 8.42 Å². The lowest BCUT2D eigenvalue weighted by Gasteiger charge is -2.30. The summed E-state index contributed by atoms with van der Waals surface area (Å²) in [7, 11) is -3.63. The number of nitrogens with one attached hydrogen (secondary N) is 1. The van der Waals surface area contributed by atoms with Gasteiger partial charge in [0.25, 0.3) is 0 Å². The van der Waals surface area contributed by atoms with Gasteiger partial charge in [0.1, 0.15) is 0 Å². The SMILES string of the molecule is CCN(c1ccc(NC(=O)C2CCN(S(=O)(=O)c3ccc(C#N)cc3)CC2)cc1)C(C)C. The molecule has 1 aliphatic rings. The van der Waals surface area contributed by atoms with E-state index in [-0.39, 0.29) is 16.7 Å². The Bertz CT molecular complexity index is 1070. The Balaban J connectivity index is 1.58. The molecule has 1 N–H and O–H groups in total. The monoisotopic (exact) mass is 454 g/mol. The summed E-state index contributed by atoms with van der Waals surface area (Å²) in [6.07, 6.45) is 0.937. The van der Waals surface area contributed by atoms with Crippen LogP contribution in [-0.2, 0) is 14.8 Å². The molecule has 1 fully saturated rings. The summed E-state index contributed by atoms with van der Waals surface area (Å²) in [4.78, 5) is 15.2. The molecule has 1 saturated heterocycles. The molecule has 8 heteroatoms. The van der Waals surface area contributed by atoms with E-state index in [0.29, 0.717) is 37.5 Å². The van der Waals surface area contributed by atoms with Crippen molar-refractivity contribution >= 4 is 27.3 Å². The van der Waals surface area contributed by atoms with E-state index in [0.717, 1.165) is 17.9 Å². The number of benzene rings is 2. The van der Waals surface area contributed by atoms with Crippen molar-refractivity contribution in [1.82, 2.24) is 4.31 Å². The first-order valence-corrected chi connectivity index (χ1v) is 12.4. The minimum atomic E-state index is -3.63. The number of sulfonamides is 1. The standard InChI is InChI=1S/C24H30N4O3S/c1-4-28(18(2)3)22-9-7-21(8-10-22)26-24(29)20-13-15-27(16-14-20)32(30,31)23-11-5-19(17-25)6-12-23/h5-12,18,20H,4,13-16H2,1-3H3,(H,26,29). The van der Waals surface area contributed by atoms with E-state index in [1.54, 1.807) is 0 Å². The van der Waals surface area contributed by atoms with Gasteiger partial charge in [-0.2, -0.15) is 9.57 Å². The summed E-state index contributed by atoms with van der Waals surface area (Å²) in [6.45, 7) is 7.90. The van der Waals surface area contributed by atoms with Gasteiger partial charge in [-0.05, 0) is 82.1 Å². The quantitative estimate of drug-likeness (QED) is 0.686. The van der Waals surface area contributed by atoms with Crippen molar-refractivity contribution in [3.05, 3.63) is 54.1 Å². The number of piperidine rings is 1. The Labute approximate surface area is 190 Å². The molecule has 32 heavy (non-hydrogen) atoms. The number of hydrogen-bond acceptors (Lipinski definition) is 5. The van der Waals surface area contributed by atoms with Crippen molar-refractivity contribution in [2.24, 2.45) is 5.92 Å². The highest BCUT2D eigenvalue weighted by molar-refractivity contribution is 7.89. The first-order valence-electron chi connectivity index (χ1n) is 10.9. The Hall–Kier alpha value is -2.89. The lowest BCUT2D eigenvalue weighted by atomic mass is 9.97.